The normalized spacial score (nSPS) is 11.3. The van der Waals surface area contributed by atoms with Crippen LogP contribution in [0.4, 0.5) is 11.6 Å². The Morgan fingerprint density at radius 3 is 2.60 bits per heavy atom. The monoisotopic (exact) mass is 339 g/mol. The molecule has 0 unspecified atom stereocenters. The molecule has 0 spiro atoms. The SMILES string of the molecule is CCC(CC)c1cnn2c(Nc3ccc(C)cc3OC)nc(C)nc12. The third-order valence-electron chi connectivity index (χ3n) is 4.54. The van der Waals surface area contributed by atoms with Gasteiger partial charge in [-0.25, -0.2) is 4.98 Å². The summed E-state index contributed by atoms with van der Waals surface area (Å²) in [6.45, 7) is 8.33. The summed E-state index contributed by atoms with van der Waals surface area (Å²) >= 11 is 0. The Bertz CT molecular complexity index is 883. The van der Waals surface area contributed by atoms with E-state index in [9.17, 15) is 0 Å². The maximum absolute atomic E-state index is 5.48. The highest BCUT2D eigenvalue weighted by Gasteiger charge is 2.18. The number of ether oxygens (including phenoxy) is 1. The highest BCUT2D eigenvalue weighted by atomic mass is 16.5. The van der Waals surface area contributed by atoms with Crippen molar-refractivity contribution in [2.75, 3.05) is 12.4 Å². The molecule has 0 fully saturated rings. The van der Waals surface area contributed by atoms with Gasteiger partial charge < -0.3 is 10.1 Å². The second-order valence-corrected chi connectivity index (χ2v) is 6.27. The van der Waals surface area contributed by atoms with Crippen LogP contribution in [0.15, 0.2) is 24.4 Å². The lowest BCUT2D eigenvalue weighted by molar-refractivity contribution is 0.416. The molecule has 0 aliphatic rings. The van der Waals surface area contributed by atoms with Crippen molar-refractivity contribution >= 4 is 17.3 Å². The van der Waals surface area contributed by atoms with Gasteiger partial charge in [-0.05, 0) is 50.3 Å². The molecule has 0 amide bonds. The number of aromatic nitrogens is 4. The lowest BCUT2D eigenvalue weighted by Crippen LogP contribution is -2.08. The van der Waals surface area contributed by atoms with E-state index in [1.165, 1.54) is 5.56 Å². The summed E-state index contributed by atoms with van der Waals surface area (Å²) in [5.41, 5.74) is 4.04. The highest BCUT2D eigenvalue weighted by molar-refractivity contribution is 5.65. The van der Waals surface area contributed by atoms with Crippen LogP contribution in [0.3, 0.4) is 0 Å². The van der Waals surface area contributed by atoms with Crippen LogP contribution in [0.2, 0.25) is 0 Å². The Balaban J connectivity index is 2.08. The Morgan fingerprint density at radius 1 is 1.16 bits per heavy atom. The van der Waals surface area contributed by atoms with Gasteiger partial charge in [0.15, 0.2) is 5.65 Å². The van der Waals surface area contributed by atoms with Gasteiger partial charge in [-0.2, -0.15) is 14.6 Å². The number of anilines is 2. The van der Waals surface area contributed by atoms with Crippen molar-refractivity contribution in [2.24, 2.45) is 0 Å². The van der Waals surface area contributed by atoms with Gasteiger partial charge in [-0.3, -0.25) is 0 Å². The van der Waals surface area contributed by atoms with Crippen molar-refractivity contribution < 1.29 is 4.74 Å². The third-order valence-corrected chi connectivity index (χ3v) is 4.54. The summed E-state index contributed by atoms with van der Waals surface area (Å²) in [7, 11) is 1.67. The molecule has 1 aromatic carbocycles. The number of methoxy groups -OCH3 is 1. The van der Waals surface area contributed by atoms with Crippen LogP contribution < -0.4 is 10.1 Å². The minimum Gasteiger partial charge on any atom is -0.495 e. The standard InChI is InChI=1S/C19H25N5O/c1-6-14(7-2)15-11-20-24-18(15)21-13(4)22-19(24)23-16-9-8-12(3)10-17(16)25-5/h8-11,14H,6-7H2,1-5H3,(H,21,22,23). The average molecular weight is 339 g/mol. The Labute approximate surface area is 148 Å². The number of hydrogen-bond acceptors (Lipinski definition) is 5. The smallest absolute Gasteiger partial charge is 0.232 e. The second kappa shape index (κ2) is 7.09. The van der Waals surface area contributed by atoms with E-state index in [1.807, 2.05) is 38.2 Å². The number of nitrogens with one attached hydrogen (secondary N) is 1. The molecule has 3 aromatic rings. The molecule has 0 bridgehead atoms. The summed E-state index contributed by atoms with van der Waals surface area (Å²) in [5, 5.41) is 7.88. The minimum absolute atomic E-state index is 0.452. The molecule has 6 heteroatoms. The van der Waals surface area contributed by atoms with Gasteiger partial charge in [0.25, 0.3) is 0 Å². The van der Waals surface area contributed by atoms with Gasteiger partial charge in [-0.15, -0.1) is 0 Å². The van der Waals surface area contributed by atoms with Gasteiger partial charge in [-0.1, -0.05) is 19.9 Å². The third kappa shape index (κ3) is 3.29. The first-order valence-corrected chi connectivity index (χ1v) is 8.71. The molecule has 132 valence electrons. The summed E-state index contributed by atoms with van der Waals surface area (Å²) in [5.74, 6) is 2.58. The summed E-state index contributed by atoms with van der Waals surface area (Å²) in [6, 6.07) is 6.02. The van der Waals surface area contributed by atoms with Gasteiger partial charge >= 0.3 is 0 Å². The zero-order chi connectivity index (χ0) is 18.0. The van der Waals surface area contributed by atoms with Gasteiger partial charge in [0.05, 0.1) is 19.0 Å². The number of rotatable bonds is 6. The fraction of sp³-hybridized carbons (Fsp3) is 0.421. The van der Waals surface area contributed by atoms with E-state index < -0.39 is 0 Å². The zero-order valence-electron chi connectivity index (χ0n) is 15.5. The van der Waals surface area contributed by atoms with Crippen LogP contribution >= 0.6 is 0 Å². The maximum Gasteiger partial charge on any atom is 0.232 e. The van der Waals surface area contributed by atoms with Crippen LogP contribution in [0.5, 0.6) is 5.75 Å². The van der Waals surface area contributed by atoms with Crippen molar-refractivity contribution in [3.8, 4) is 5.75 Å². The second-order valence-electron chi connectivity index (χ2n) is 6.27. The Kier molecular flexibility index (Phi) is 4.88. The summed E-state index contributed by atoms with van der Waals surface area (Å²) < 4.78 is 7.26. The minimum atomic E-state index is 0.452. The van der Waals surface area contributed by atoms with E-state index in [0.717, 1.165) is 35.5 Å². The van der Waals surface area contributed by atoms with Crippen LogP contribution in [0.1, 0.15) is 49.6 Å². The van der Waals surface area contributed by atoms with E-state index in [4.69, 9.17) is 4.74 Å². The molecular weight excluding hydrogens is 314 g/mol. The van der Waals surface area contributed by atoms with Crippen LogP contribution in [-0.4, -0.2) is 26.7 Å². The topological polar surface area (TPSA) is 64.3 Å². The van der Waals surface area contributed by atoms with E-state index in [0.29, 0.717) is 17.7 Å². The fourth-order valence-corrected chi connectivity index (χ4v) is 3.12. The first kappa shape index (κ1) is 17.2. The molecule has 0 aliphatic carbocycles. The maximum atomic E-state index is 5.48. The number of aryl methyl sites for hydroxylation is 2. The van der Waals surface area contributed by atoms with E-state index in [1.54, 1.807) is 11.6 Å². The molecule has 6 nitrogen and oxygen atoms in total. The molecular formula is C19H25N5O. The molecule has 3 rings (SSSR count). The summed E-state index contributed by atoms with van der Waals surface area (Å²) in [6.07, 6.45) is 4.05. The quantitative estimate of drug-likeness (QED) is 0.721. The van der Waals surface area contributed by atoms with Crippen molar-refractivity contribution in [2.45, 2.75) is 46.5 Å². The van der Waals surface area contributed by atoms with Gasteiger partial charge in [0.1, 0.15) is 11.6 Å². The van der Waals surface area contributed by atoms with Crippen LogP contribution in [0, 0.1) is 13.8 Å². The zero-order valence-corrected chi connectivity index (χ0v) is 15.5. The van der Waals surface area contributed by atoms with E-state index in [2.05, 4.69) is 34.2 Å². The number of nitrogens with zero attached hydrogens (tertiary/aromatic N) is 4. The Morgan fingerprint density at radius 2 is 1.92 bits per heavy atom. The fourth-order valence-electron chi connectivity index (χ4n) is 3.12. The van der Waals surface area contributed by atoms with Crippen LogP contribution in [-0.2, 0) is 0 Å². The predicted octanol–water partition coefficient (Wildman–Crippen LogP) is 4.40. The highest BCUT2D eigenvalue weighted by Crippen LogP contribution is 2.30. The molecule has 0 aliphatic heterocycles. The number of benzene rings is 1. The van der Waals surface area contributed by atoms with Crippen molar-refractivity contribution in [3.63, 3.8) is 0 Å². The lowest BCUT2D eigenvalue weighted by Gasteiger charge is -2.13. The van der Waals surface area contributed by atoms with E-state index in [-0.39, 0.29) is 0 Å². The first-order valence-electron chi connectivity index (χ1n) is 8.71. The number of hydrogen-bond donors (Lipinski definition) is 1. The molecule has 0 radical (unpaired) electrons. The average Bonchev–Trinajstić information content (AvgIpc) is 3.01. The predicted molar refractivity (Wildman–Crippen MR) is 99.9 cm³/mol. The molecule has 2 heterocycles. The molecule has 1 N–H and O–H groups in total. The van der Waals surface area contributed by atoms with E-state index >= 15 is 0 Å². The van der Waals surface area contributed by atoms with Crippen molar-refractivity contribution in [3.05, 3.63) is 41.3 Å². The van der Waals surface area contributed by atoms with Crippen molar-refractivity contribution in [1.82, 2.24) is 19.6 Å². The largest absolute Gasteiger partial charge is 0.495 e. The molecule has 0 saturated heterocycles. The Hall–Kier alpha value is -2.63. The summed E-state index contributed by atoms with van der Waals surface area (Å²) in [4.78, 5) is 9.17. The molecule has 0 atom stereocenters. The van der Waals surface area contributed by atoms with Crippen LogP contribution in [0.25, 0.3) is 5.65 Å². The number of fused-ring (bicyclic) bond motifs is 1. The molecule has 25 heavy (non-hydrogen) atoms. The lowest BCUT2D eigenvalue weighted by atomic mass is 9.96. The van der Waals surface area contributed by atoms with Crippen molar-refractivity contribution in [1.29, 1.82) is 0 Å². The van der Waals surface area contributed by atoms with Gasteiger partial charge in [0.2, 0.25) is 5.95 Å². The first-order chi connectivity index (χ1) is 12.1. The van der Waals surface area contributed by atoms with Gasteiger partial charge in [0, 0.05) is 5.56 Å². The molecule has 2 aromatic heterocycles. The molecule has 0 saturated carbocycles.